The van der Waals surface area contributed by atoms with Crippen molar-refractivity contribution in [3.05, 3.63) is 0 Å². The van der Waals surface area contributed by atoms with Crippen molar-refractivity contribution < 1.29 is 18.0 Å². The SMILES string of the molecule is CC(C)(CCCN)CNC(=O)CC(F)(F)F. The zero-order valence-electron chi connectivity index (χ0n) is 9.66. The van der Waals surface area contributed by atoms with Crippen LogP contribution in [0.2, 0.25) is 0 Å². The van der Waals surface area contributed by atoms with Gasteiger partial charge in [-0.3, -0.25) is 4.79 Å². The van der Waals surface area contributed by atoms with Crippen LogP contribution in [0.5, 0.6) is 0 Å². The van der Waals surface area contributed by atoms with Crippen molar-refractivity contribution in [2.45, 2.75) is 39.3 Å². The first-order chi connectivity index (χ1) is 7.16. The monoisotopic (exact) mass is 240 g/mol. The zero-order chi connectivity index (χ0) is 12.8. The number of rotatable bonds is 6. The van der Waals surface area contributed by atoms with E-state index < -0.39 is 18.5 Å². The maximum atomic E-state index is 11.9. The summed E-state index contributed by atoms with van der Waals surface area (Å²) < 4.78 is 35.6. The first-order valence-corrected chi connectivity index (χ1v) is 5.20. The molecule has 0 fully saturated rings. The van der Waals surface area contributed by atoms with E-state index in [2.05, 4.69) is 5.32 Å². The Labute approximate surface area is 93.6 Å². The molecule has 0 heterocycles. The van der Waals surface area contributed by atoms with Crippen LogP contribution in [0.25, 0.3) is 0 Å². The summed E-state index contributed by atoms with van der Waals surface area (Å²) in [5.74, 6) is -0.978. The average Bonchev–Trinajstić information content (AvgIpc) is 2.09. The summed E-state index contributed by atoms with van der Waals surface area (Å²) in [7, 11) is 0. The van der Waals surface area contributed by atoms with Crippen LogP contribution in [0.4, 0.5) is 13.2 Å². The lowest BCUT2D eigenvalue weighted by Crippen LogP contribution is -2.36. The minimum Gasteiger partial charge on any atom is -0.355 e. The lowest BCUT2D eigenvalue weighted by atomic mass is 9.88. The fraction of sp³-hybridized carbons (Fsp3) is 0.900. The number of hydrogen-bond donors (Lipinski definition) is 2. The highest BCUT2D eigenvalue weighted by atomic mass is 19.4. The van der Waals surface area contributed by atoms with Crippen molar-refractivity contribution in [2.24, 2.45) is 11.1 Å². The van der Waals surface area contributed by atoms with Crippen molar-refractivity contribution in [3.8, 4) is 0 Å². The predicted molar refractivity (Wildman–Crippen MR) is 55.8 cm³/mol. The number of alkyl halides is 3. The number of hydrogen-bond acceptors (Lipinski definition) is 2. The third-order valence-electron chi connectivity index (χ3n) is 2.18. The molecule has 0 aliphatic heterocycles. The molecule has 0 aromatic carbocycles. The Hall–Kier alpha value is -0.780. The van der Waals surface area contributed by atoms with E-state index >= 15 is 0 Å². The molecule has 0 aliphatic carbocycles. The van der Waals surface area contributed by atoms with Crippen molar-refractivity contribution in [3.63, 3.8) is 0 Å². The maximum Gasteiger partial charge on any atom is 0.397 e. The molecule has 3 N–H and O–H groups in total. The fourth-order valence-corrected chi connectivity index (χ4v) is 1.25. The van der Waals surface area contributed by atoms with Crippen molar-refractivity contribution in [1.29, 1.82) is 0 Å². The highest BCUT2D eigenvalue weighted by Crippen LogP contribution is 2.22. The van der Waals surface area contributed by atoms with Crippen LogP contribution in [0.3, 0.4) is 0 Å². The van der Waals surface area contributed by atoms with Crippen LogP contribution in [-0.4, -0.2) is 25.2 Å². The van der Waals surface area contributed by atoms with Crippen LogP contribution < -0.4 is 11.1 Å². The first-order valence-electron chi connectivity index (χ1n) is 5.20. The molecule has 0 radical (unpaired) electrons. The van der Waals surface area contributed by atoms with Crippen molar-refractivity contribution >= 4 is 5.91 Å². The summed E-state index contributed by atoms with van der Waals surface area (Å²) in [6.45, 7) is 4.55. The standard InChI is InChI=1S/C10H19F3N2O/c1-9(2,4-3-5-14)7-15-8(16)6-10(11,12)13/h3-7,14H2,1-2H3,(H,15,16). The Balaban J connectivity index is 3.90. The molecule has 16 heavy (non-hydrogen) atoms. The largest absolute Gasteiger partial charge is 0.397 e. The van der Waals surface area contributed by atoms with Gasteiger partial charge in [-0.1, -0.05) is 13.8 Å². The van der Waals surface area contributed by atoms with E-state index in [1.807, 2.05) is 13.8 Å². The van der Waals surface area contributed by atoms with Gasteiger partial charge in [-0.2, -0.15) is 13.2 Å². The zero-order valence-corrected chi connectivity index (χ0v) is 9.66. The van der Waals surface area contributed by atoms with Gasteiger partial charge in [0.1, 0.15) is 6.42 Å². The lowest BCUT2D eigenvalue weighted by Gasteiger charge is -2.24. The molecule has 0 bridgehead atoms. The van der Waals surface area contributed by atoms with Gasteiger partial charge >= 0.3 is 6.18 Å². The molecule has 0 saturated carbocycles. The molecule has 96 valence electrons. The summed E-state index contributed by atoms with van der Waals surface area (Å²) in [5.41, 5.74) is 5.12. The fourth-order valence-electron chi connectivity index (χ4n) is 1.25. The average molecular weight is 240 g/mol. The molecular formula is C10H19F3N2O. The highest BCUT2D eigenvalue weighted by molar-refractivity contribution is 5.76. The number of nitrogens with one attached hydrogen (secondary N) is 1. The van der Waals surface area contributed by atoms with Gasteiger partial charge in [0.15, 0.2) is 0 Å². The van der Waals surface area contributed by atoms with Crippen LogP contribution >= 0.6 is 0 Å². The van der Waals surface area contributed by atoms with E-state index in [-0.39, 0.29) is 12.0 Å². The van der Waals surface area contributed by atoms with Crippen molar-refractivity contribution in [1.82, 2.24) is 5.32 Å². The second kappa shape index (κ2) is 6.08. The molecule has 0 rings (SSSR count). The second-order valence-corrected chi connectivity index (χ2v) is 4.63. The van der Waals surface area contributed by atoms with Gasteiger partial charge in [0.2, 0.25) is 5.91 Å². The second-order valence-electron chi connectivity index (χ2n) is 4.63. The van der Waals surface area contributed by atoms with Gasteiger partial charge in [0.05, 0.1) is 0 Å². The third kappa shape index (κ3) is 8.52. The Morgan fingerprint density at radius 2 is 1.88 bits per heavy atom. The van der Waals surface area contributed by atoms with E-state index in [9.17, 15) is 18.0 Å². The van der Waals surface area contributed by atoms with Gasteiger partial charge in [0, 0.05) is 6.54 Å². The summed E-state index contributed by atoms with van der Waals surface area (Å²) in [4.78, 5) is 10.9. The van der Waals surface area contributed by atoms with Crippen LogP contribution in [0, 0.1) is 5.41 Å². The normalized spacial score (nSPS) is 12.6. The minimum absolute atomic E-state index is 0.222. The number of nitrogens with two attached hydrogens (primary N) is 1. The third-order valence-corrected chi connectivity index (χ3v) is 2.18. The Morgan fingerprint density at radius 3 is 2.31 bits per heavy atom. The highest BCUT2D eigenvalue weighted by Gasteiger charge is 2.31. The molecule has 0 aromatic rings. The number of amides is 1. The Kier molecular flexibility index (Phi) is 5.78. The van der Waals surface area contributed by atoms with Gasteiger partial charge in [-0.05, 0) is 24.8 Å². The maximum absolute atomic E-state index is 11.9. The Bertz CT molecular complexity index is 227. The molecule has 0 aliphatic rings. The number of carbonyl (C=O) groups is 1. The van der Waals surface area contributed by atoms with Gasteiger partial charge in [-0.15, -0.1) is 0 Å². The summed E-state index contributed by atoms with van der Waals surface area (Å²) in [6.07, 6.45) is -4.29. The minimum atomic E-state index is -4.44. The molecule has 0 unspecified atom stereocenters. The molecule has 1 amide bonds. The van der Waals surface area contributed by atoms with Crippen LogP contribution in [-0.2, 0) is 4.79 Å². The smallest absolute Gasteiger partial charge is 0.355 e. The van der Waals surface area contributed by atoms with E-state index in [4.69, 9.17) is 5.73 Å². The van der Waals surface area contributed by atoms with Crippen LogP contribution in [0.1, 0.15) is 33.1 Å². The van der Waals surface area contributed by atoms with Crippen LogP contribution in [0.15, 0.2) is 0 Å². The van der Waals surface area contributed by atoms with E-state index in [0.29, 0.717) is 6.54 Å². The van der Waals surface area contributed by atoms with Crippen molar-refractivity contribution in [2.75, 3.05) is 13.1 Å². The number of carbonyl (C=O) groups excluding carboxylic acids is 1. The van der Waals surface area contributed by atoms with Gasteiger partial charge < -0.3 is 11.1 Å². The van der Waals surface area contributed by atoms with E-state index in [1.165, 1.54) is 0 Å². The Morgan fingerprint density at radius 1 is 1.31 bits per heavy atom. The van der Waals surface area contributed by atoms with Gasteiger partial charge in [-0.25, -0.2) is 0 Å². The predicted octanol–water partition coefficient (Wildman–Crippen LogP) is 1.82. The number of halogens is 3. The summed E-state index contributed by atoms with van der Waals surface area (Å²) in [6, 6.07) is 0. The summed E-state index contributed by atoms with van der Waals surface area (Å²) in [5, 5.41) is 2.29. The lowest BCUT2D eigenvalue weighted by molar-refractivity contribution is -0.154. The quantitative estimate of drug-likeness (QED) is 0.744. The summed E-state index contributed by atoms with van der Waals surface area (Å²) >= 11 is 0. The van der Waals surface area contributed by atoms with Gasteiger partial charge in [0.25, 0.3) is 0 Å². The first kappa shape index (κ1) is 15.2. The molecular weight excluding hydrogens is 221 g/mol. The molecule has 0 spiro atoms. The molecule has 0 atom stereocenters. The molecule has 0 saturated heterocycles. The molecule has 6 heteroatoms. The molecule has 0 aromatic heterocycles. The van der Waals surface area contributed by atoms with E-state index in [1.54, 1.807) is 0 Å². The topological polar surface area (TPSA) is 55.1 Å². The van der Waals surface area contributed by atoms with E-state index in [0.717, 1.165) is 12.8 Å². The molecule has 3 nitrogen and oxygen atoms in total.